The van der Waals surface area contributed by atoms with Crippen LogP contribution < -0.4 is 25.3 Å². The average Bonchev–Trinajstić information content (AvgIpc) is 2.68. The molecule has 3 N–H and O–H groups in total. The van der Waals surface area contributed by atoms with Gasteiger partial charge in [0, 0.05) is 29.1 Å². The highest BCUT2D eigenvalue weighted by Gasteiger charge is 2.13. The molecule has 0 spiro atoms. The smallest absolute Gasteiger partial charge is 0.203 e. The van der Waals surface area contributed by atoms with E-state index < -0.39 is 0 Å². The SMILES string of the molecule is COc1cc(Nc2cncc(-c3ccc(N)cc3)n2)cc(OC)c1OC. The Morgan fingerprint density at radius 3 is 2.12 bits per heavy atom. The molecule has 0 atom stereocenters. The van der Waals surface area contributed by atoms with Crippen LogP contribution in [0.15, 0.2) is 48.8 Å². The molecule has 1 heterocycles. The van der Waals surface area contributed by atoms with Gasteiger partial charge in [-0.2, -0.15) is 0 Å². The Morgan fingerprint density at radius 2 is 1.54 bits per heavy atom. The summed E-state index contributed by atoms with van der Waals surface area (Å²) in [5, 5.41) is 3.21. The molecule has 7 nitrogen and oxygen atoms in total. The van der Waals surface area contributed by atoms with Crippen molar-refractivity contribution in [2.75, 3.05) is 32.4 Å². The van der Waals surface area contributed by atoms with E-state index in [1.807, 2.05) is 24.3 Å². The van der Waals surface area contributed by atoms with Crippen LogP contribution in [0.4, 0.5) is 17.2 Å². The van der Waals surface area contributed by atoms with Crippen molar-refractivity contribution in [1.29, 1.82) is 0 Å². The molecule has 0 fully saturated rings. The number of nitrogens with zero attached hydrogens (tertiary/aromatic N) is 2. The first kappa shape index (κ1) is 17.3. The Labute approximate surface area is 151 Å². The zero-order chi connectivity index (χ0) is 18.5. The molecule has 0 aliphatic rings. The van der Waals surface area contributed by atoms with Crippen molar-refractivity contribution in [3.63, 3.8) is 0 Å². The summed E-state index contributed by atoms with van der Waals surface area (Å²) in [4.78, 5) is 8.85. The molecule has 0 saturated carbocycles. The van der Waals surface area contributed by atoms with Gasteiger partial charge in [0.1, 0.15) is 5.82 Å². The van der Waals surface area contributed by atoms with Crippen molar-refractivity contribution in [1.82, 2.24) is 9.97 Å². The predicted octanol–water partition coefficient (Wildman–Crippen LogP) is 3.50. The third kappa shape index (κ3) is 3.61. The van der Waals surface area contributed by atoms with Gasteiger partial charge in [-0.15, -0.1) is 0 Å². The summed E-state index contributed by atoms with van der Waals surface area (Å²) in [6.45, 7) is 0. The highest BCUT2D eigenvalue weighted by Crippen LogP contribution is 2.40. The summed E-state index contributed by atoms with van der Waals surface area (Å²) in [6, 6.07) is 11.1. The first-order valence-electron chi connectivity index (χ1n) is 7.89. The monoisotopic (exact) mass is 352 g/mol. The zero-order valence-electron chi connectivity index (χ0n) is 14.8. The summed E-state index contributed by atoms with van der Waals surface area (Å²) in [5.74, 6) is 2.23. The fourth-order valence-corrected chi connectivity index (χ4v) is 2.52. The Morgan fingerprint density at radius 1 is 0.885 bits per heavy atom. The molecule has 3 rings (SSSR count). The molecule has 26 heavy (non-hydrogen) atoms. The van der Waals surface area contributed by atoms with Crippen molar-refractivity contribution in [3.8, 4) is 28.5 Å². The first-order valence-corrected chi connectivity index (χ1v) is 7.89. The lowest BCUT2D eigenvalue weighted by Gasteiger charge is -2.15. The third-order valence-corrected chi connectivity index (χ3v) is 3.78. The van der Waals surface area contributed by atoms with E-state index in [1.54, 1.807) is 45.9 Å². The lowest BCUT2D eigenvalue weighted by Crippen LogP contribution is -2.00. The van der Waals surface area contributed by atoms with Crippen LogP contribution in [0.5, 0.6) is 17.2 Å². The molecule has 0 saturated heterocycles. The lowest BCUT2D eigenvalue weighted by atomic mass is 10.1. The maximum atomic E-state index is 5.73. The number of rotatable bonds is 6. The molecule has 0 aliphatic heterocycles. The molecule has 2 aromatic carbocycles. The fourth-order valence-electron chi connectivity index (χ4n) is 2.52. The van der Waals surface area contributed by atoms with E-state index in [9.17, 15) is 0 Å². The number of benzene rings is 2. The number of nitrogen functional groups attached to an aromatic ring is 1. The topological polar surface area (TPSA) is 91.5 Å². The number of hydrogen-bond acceptors (Lipinski definition) is 7. The summed E-state index contributed by atoms with van der Waals surface area (Å²) in [6.07, 6.45) is 3.34. The van der Waals surface area contributed by atoms with Crippen molar-refractivity contribution in [2.45, 2.75) is 0 Å². The van der Waals surface area contributed by atoms with Crippen molar-refractivity contribution in [3.05, 3.63) is 48.8 Å². The molecule has 7 heteroatoms. The Kier molecular flexibility index (Phi) is 5.07. The van der Waals surface area contributed by atoms with Gasteiger partial charge < -0.3 is 25.3 Å². The summed E-state index contributed by atoms with van der Waals surface area (Å²) in [5.41, 5.74) is 8.84. The van der Waals surface area contributed by atoms with Crippen molar-refractivity contribution >= 4 is 17.2 Å². The van der Waals surface area contributed by atoms with Gasteiger partial charge >= 0.3 is 0 Å². The third-order valence-electron chi connectivity index (χ3n) is 3.78. The maximum absolute atomic E-state index is 5.73. The number of anilines is 3. The predicted molar refractivity (Wildman–Crippen MR) is 101 cm³/mol. The second kappa shape index (κ2) is 7.60. The van der Waals surface area contributed by atoms with Crippen LogP contribution in [0.2, 0.25) is 0 Å². The van der Waals surface area contributed by atoms with Crippen molar-refractivity contribution in [2.24, 2.45) is 0 Å². The molecule has 0 bridgehead atoms. The fraction of sp³-hybridized carbons (Fsp3) is 0.158. The molecule has 0 radical (unpaired) electrons. The van der Waals surface area contributed by atoms with Crippen molar-refractivity contribution < 1.29 is 14.2 Å². The van der Waals surface area contributed by atoms with Crippen LogP contribution >= 0.6 is 0 Å². The molecule has 0 aliphatic carbocycles. The van der Waals surface area contributed by atoms with Gasteiger partial charge in [0.2, 0.25) is 5.75 Å². The Balaban J connectivity index is 1.92. The molecule has 0 amide bonds. The van der Waals surface area contributed by atoms with E-state index in [0.717, 1.165) is 16.9 Å². The van der Waals surface area contributed by atoms with E-state index in [4.69, 9.17) is 19.9 Å². The number of nitrogens with two attached hydrogens (primary N) is 1. The van der Waals surface area contributed by atoms with E-state index in [1.165, 1.54) is 0 Å². The number of hydrogen-bond donors (Lipinski definition) is 2. The highest BCUT2D eigenvalue weighted by atomic mass is 16.5. The highest BCUT2D eigenvalue weighted by molar-refractivity contribution is 5.68. The number of aromatic nitrogens is 2. The average molecular weight is 352 g/mol. The van der Waals surface area contributed by atoms with E-state index >= 15 is 0 Å². The minimum Gasteiger partial charge on any atom is -0.493 e. The molecular weight excluding hydrogens is 332 g/mol. The number of ether oxygens (including phenoxy) is 3. The van der Waals surface area contributed by atoms with E-state index in [2.05, 4.69) is 15.3 Å². The second-order valence-electron chi connectivity index (χ2n) is 5.45. The second-order valence-corrected chi connectivity index (χ2v) is 5.45. The number of methoxy groups -OCH3 is 3. The van der Waals surface area contributed by atoms with Crippen LogP contribution in [0.3, 0.4) is 0 Å². The van der Waals surface area contributed by atoms with E-state index in [0.29, 0.717) is 28.8 Å². The zero-order valence-corrected chi connectivity index (χ0v) is 14.8. The van der Waals surface area contributed by atoms with Crippen LogP contribution in [0.25, 0.3) is 11.3 Å². The van der Waals surface area contributed by atoms with Crippen LogP contribution in [0.1, 0.15) is 0 Å². The van der Waals surface area contributed by atoms with Gasteiger partial charge in [-0.1, -0.05) is 12.1 Å². The summed E-state index contributed by atoms with van der Waals surface area (Å²) in [7, 11) is 4.71. The van der Waals surface area contributed by atoms with Crippen LogP contribution in [0, 0.1) is 0 Å². The van der Waals surface area contributed by atoms with Gasteiger partial charge in [0.25, 0.3) is 0 Å². The Bertz CT molecular complexity index is 873. The Hall–Kier alpha value is -3.48. The lowest BCUT2D eigenvalue weighted by molar-refractivity contribution is 0.324. The number of nitrogens with one attached hydrogen (secondary N) is 1. The first-order chi connectivity index (χ1) is 12.6. The molecule has 3 aromatic rings. The van der Waals surface area contributed by atoms with Gasteiger partial charge in [0.05, 0.1) is 39.4 Å². The molecule has 1 aromatic heterocycles. The minimum atomic E-state index is 0.530. The largest absolute Gasteiger partial charge is 0.493 e. The summed E-state index contributed by atoms with van der Waals surface area (Å²) < 4.78 is 16.1. The van der Waals surface area contributed by atoms with Gasteiger partial charge in [-0.05, 0) is 12.1 Å². The van der Waals surface area contributed by atoms with Crippen LogP contribution in [-0.2, 0) is 0 Å². The quantitative estimate of drug-likeness (QED) is 0.656. The van der Waals surface area contributed by atoms with Gasteiger partial charge in [-0.25, -0.2) is 4.98 Å². The van der Waals surface area contributed by atoms with Gasteiger partial charge in [0.15, 0.2) is 11.5 Å². The summed E-state index contributed by atoms with van der Waals surface area (Å²) >= 11 is 0. The van der Waals surface area contributed by atoms with Crippen LogP contribution in [-0.4, -0.2) is 31.3 Å². The molecule has 134 valence electrons. The minimum absolute atomic E-state index is 0.530. The van der Waals surface area contributed by atoms with E-state index in [-0.39, 0.29) is 0 Å². The normalized spacial score (nSPS) is 10.3. The standard InChI is InChI=1S/C19H20N4O3/c1-24-16-8-14(9-17(25-2)19(16)26-3)22-18-11-21-10-15(23-18)12-4-6-13(20)7-5-12/h4-11H,20H2,1-3H3,(H,22,23). The molecule has 0 unspecified atom stereocenters. The maximum Gasteiger partial charge on any atom is 0.203 e. The van der Waals surface area contributed by atoms with Gasteiger partial charge in [-0.3, -0.25) is 4.98 Å². The molecular formula is C19H20N4O3.